The second-order valence-electron chi connectivity index (χ2n) is 6.32. The molecule has 2 saturated heterocycles. The normalized spacial score (nSPS) is 21.5. The number of hydrogen-bond acceptors (Lipinski definition) is 6. The van der Waals surface area contributed by atoms with Gasteiger partial charge in [-0.25, -0.2) is 9.78 Å². The number of aromatic amines is 1. The Bertz CT molecular complexity index is 751. The van der Waals surface area contributed by atoms with E-state index in [1.54, 1.807) is 17.2 Å². The van der Waals surface area contributed by atoms with Crippen LogP contribution in [0, 0.1) is 0 Å². The van der Waals surface area contributed by atoms with Crippen LogP contribution in [0.2, 0.25) is 0 Å². The van der Waals surface area contributed by atoms with Crippen molar-refractivity contribution in [2.45, 2.75) is 25.2 Å². The molecule has 0 saturated carbocycles. The molecule has 2 aliphatic heterocycles. The lowest BCUT2D eigenvalue weighted by atomic mass is 10.1. The van der Waals surface area contributed by atoms with Crippen molar-refractivity contribution in [1.29, 1.82) is 0 Å². The van der Waals surface area contributed by atoms with Crippen LogP contribution in [0.5, 0.6) is 0 Å². The number of nitrogens with one attached hydrogen (secondary N) is 2. The molecule has 2 fully saturated rings. The number of nitrogens with zero attached hydrogens (tertiary/aromatic N) is 2. The smallest absolute Gasteiger partial charge is 0.407 e. The summed E-state index contributed by atoms with van der Waals surface area (Å²) in [6, 6.07) is -0.355. The van der Waals surface area contributed by atoms with Gasteiger partial charge >= 0.3 is 6.09 Å². The topological polar surface area (TPSA) is 106 Å². The number of rotatable bonds is 5. The summed E-state index contributed by atoms with van der Waals surface area (Å²) in [5, 5.41) is 2.41. The number of likely N-dealkylation sites (tertiary alicyclic amines) is 1. The highest BCUT2D eigenvalue weighted by Crippen LogP contribution is 2.41. The highest BCUT2D eigenvalue weighted by Gasteiger charge is 2.51. The van der Waals surface area contributed by atoms with Crippen molar-refractivity contribution in [3.8, 4) is 0 Å². The largest absolute Gasteiger partial charge is 0.453 e. The van der Waals surface area contributed by atoms with Crippen LogP contribution in [0.3, 0.4) is 0 Å². The molecule has 1 atom stereocenters. The number of ether oxygens (including phenoxy) is 3. The van der Waals surface area contributed by atoms with Gasteiger partial charge in [-0.1, -0.05) is 18.7 Å². The van der Waals surface area contributed by atoms with Gasteiger partial charge in [0.1, 0.15) is 12.4 Å². The Morgan fingerprint density at radius 2 is 2.26 bits per heavy atom. The Hall–Kier alpha value is -2.65. The van der Waals surface area contributed by atoms with Crippen molar-refractivity contribution in [1.82, 2.24) is 20.2 Å². The number of hydrogen-bond donors (Lipinski definition) is 2. The molecule has 9 heteroatoms. The van der Waals surface area contributed by atoms with E-state index in [0.717, 1.165) is 11.3 Å². The molecule has 0 aromatic carbocycles. The summed E-state index contributed by atoms with van der Waals surface area (Å²) in [5.41, 5.74) is 1.73. The van der Waals surface area contributed by atoms with Crippen LogP contribution in [0.25, 0.3) is 5.57 Å². The molecule has 3 rings (SSSR count). The number of carbonyl (C=O) groups is 2. The van der Waals surface area contributed by atoms with E-state index in [-0.39, 0.29) is 25.0 Å². The van der Waals surface area contributed by atoms with E-state index in [2.05, 4.69) is 26.6 Å². The average molecular weight is 376 g/mol. The molecule has 1 aromatic rings. The van der Waals surface area contributed by atoms with Crippen molar-refractivity contribution < 1.29 is 23.8 Å². The number of carbonyl (C=O) groups excluding carboxylic acids is 2. The predicted molar refractivity (Wildman–Crippen MR) is 96.5 cm³/mol. The zero-order chi connectivity index (χ0) is 19.4. The second-order valence-corrected chi connectivity index (χ2v) is 6.32. The van der Waals surface area contributed by atoms with Gasteiger partial charge in [0, 0.05) is 6.42 Å². The van der Waals surface area contributed by atoms with Crippen molar-refractivity contribution in [2.75, 3.05) is 33.4 Å². The Balaban J connectivity index is 1.82. The van der Waals surface area contributed by atoms with Gasteiger partial charge in [0.25, 0.3) is 0 Å². The van der Waals surface area contributed by atoms with Crippen LogP contribution in [-0.2, 0) is 19.0 Å². The minimum Gasteiger partial charge on any atom is -0.453 e. The summed E-state index contributed by atoms with van der Waals surface area (Å²) in [5.74, 6) is -0.469. The minimum absolute atomic E-state index is 0.181. The van der Waals surface area contributed by atoms with Crippen LogP contribution in [-0.4, -0.2) is 66.1 Å². The van der Waals surface area contributed by atoms with E-state index in [9.17, 15) is 9.59 Å². The first-order valence-electron chi connectivity index (χ1n) is 8.75. The quantitative estimate of drug-likeness (QED) is 0.752. The van der Waals surface area contributed by atoms with Gasteiger partial charge in [0.2, 0.25) is 5.91 Å². The van der Waals surface area contributed by atoms with Gasteiger partial charge in [0.05, 0.1) is 44.8 Å². The molecule has 2 amide bonds. The van der Waals surface area contributed by atoms with Gasteiger partial charge in [0.15, 0.2) is 5.79 Å². The lowest BCUT2D eigenvalue weighted by Gasteiger charge is -2.23. The summed E-state index contributed by atoms with van der Waals surface area (Å²) in [4.78, 5) is 33.3. The first-order valence-corrected chi connectivity index (χ1v) is 8.75. The van der Waals surface area contributed by atoms with Crippen LogP contribution >= 0.6 is 0 Å². The average Bonchev–Trinajstić information content (AvgIpc) is 3.41. The molecular formula is C18H24N4O5. The molecular weight excluding hydrogens is 352 g/mol. The van der Waals surface area contributed by atoms with E-state index >= 15 is 0 Å². The predicted octanol–water partition coefficient (Wildman–Crippen LogP) is 1.37. The Labute approximate surface area is 157 Å². The van der Waals surface area contributed by atoms with Crippen molar-refractivity contribution in [3.63, 3.8) is 0 Å². The molecule has 2 N–H and O–H groups in total. The third-order valence-corrected chi connectivity index (χ3v) is 4.75. The first-order chi connectivity index (χ1) is 13.0. The SMILES string of the molecule is C=CC(=CC)c1cnc(C2CC3(CN2C(=O)CNC(=O)OC)OCCO3)[nH]1. The van der Waals surface area contributed by atoms with Crippen molar-refractivity contribution in [2.24, 2.45) is 0 Å². The van der Waals surface area contributed by atoms with Crippen LogP contribution in [0.15, 0.2) is 24.9 Å². The van der Waals surface area contributed by atoms with Crippen molar-refractivity contribution >= 4 is 17.6 Å². The summed E-state index contributed by atoms with van der Waals surface area (Å²) >= 11 is 0. The third kappa shape index (κ3) is 3.88. The lowest BCUT2D eigenvalue weighted by Crippen LogP contribution is -2.42. The Kier molecular flexibility index (Phi) is 5.62. The van der Waals surface area contributed by atoms with E-state index in [0.29, 0.717) is 25.5 Å². The molecule has 2 aliphatic rings. The molecule has 1 spiro atoms. The highest BCUT2D eigenvalue weighted by molar-refractivity contribution is 5.83. The summed E-state index contributed by atoms with van der Waals surface area (Å²) in [6.45, 7) is 6.76. The molecule has 27 heavy (non-hydrogen) atoms. The van der Waals surface area contributed by atoms with Gasteiger partial charge in [-0.3, -0.25) is 4.79 Å². The van der Waals surface area contributed by atoms with Crippen LogP contribution < -0.4 is 5.32 Å². The summed E-state index contributed by atoms with van der Waals surface area (Å²) in [6.07, 6.45) is 5.17. The molecule has 1 aromatic heterocycles. The number of allylic oxidation sites excluding steroid dienone is 3. The molecule has 0 bridgehead atoms. The number of aromatic nitrogens is 2. The first kappa shape index (κ1) is 19.1. The maximum absolute atomic E-state index is 12.7. The van der Waals surface area contributed by atoms with E-state index < -0.39 is 11.9 Å². The highest BCUT2D eigenvalue weighted by atomic mass is 16.7. The lowest BCUT2D eigenvalue weighted by molar-refractivity contribution is -0.152. The molecule has 146 valence electrons. The maximum atomic E-state index is 12.7. The molecule has 3 heterocycles. The molecule has 9 nitrogen and oxygen atoms in total. The van der Waals surface area contributed by atoms with E-state index in [1.165, 1.54) is 7.11 Å². The molecule has 0 aliphatic carbocycles. The number of alkyl carbamates (subject to hydrolysis) is 1. The zero-order valence-corrected chi connectivity index (χ0v) is 15.5. The molecule has 1 unspecified atom stereocenters. The summed E-state index contributed by atoms with van der Waals surface area (Å²) < 4.78 is 16.1. The van der Waals surface area contributed by atoms with Gasteiger partial charge in [-0.05, 0) is 12.5 Å². The fraction of sp³-hybridized carbons (Fsp3) is 0.500. The van der Waals surface area contributed by atoms with Crippen LogP contribution in [0.4, 0.5) is 4.79 Å². The van der Waals surface area contributed by atoms with E-state index in [1.807, 2.05) is 13.0 Å². The number of H-pyrrole nitrogens is 1. The fourth-order valence-electron chi connectivity index (χ4n) is 3.41. The number of imidazole rings is 1. The fourth-order valence-corrected chi connectivity index (χ4v) is 3.41. The van der Waals surface area contributed by atoms with Gasteiger partial charge < -0.3 is 29.4 Å². The van der Waals surface area contributed by atoms with E-state index in [4.69, 9.17) is 9.47 Å². The summed E-state index contributed by atoms with van der Waals surface area (Å²) in [7, 11) is 1.25. The minimum atomic E-state index is -0.833. The van der Waals surface area contributed by atoms with Crippen molar-refractivity contribution in [3.05, 3.63) is 36.4 Å². The number of amides is 2. The third-order valence-electron chi connectivity index (χ3n) is 4.75. The van der Waals surface area contributed by atoms with Gasteiger partial charge in [-0.2, -0.15) is 0 Å². The number of methoxy groups -OCH3 is 1. The van der Waals surface area contributed by atoms with Crippen LogP contribution in [0.1, 0.15) is 30.9 Å². The Morgan fingerprint density at radius 1 is 1.52 bits per heavy atom. The zero-order valence-electron chi connectivity index (χ0n) is 15.5. The van der Waals surface area contributed by atoms with Gasteiger partial charge in [-0.15, -0.1) is 0 Å². The standard InChI is InChI=1S/C18H24N4O5/c1-4-12(5-2)13-9-19-16(21-13)14-8-18(26-6-7-27-18)11-22(14)15(23)10-20-17(24)25-3/h4-5,9,14H,1,6-8,10-11H2,2-3H3,(H,19,21)(H,20,24). The maximum Gasteiger partial charge on any atom is 0.407 e. The molecule has 0 radical (unpaired) electrons. The monoisotopic (exact) mass is 376 g/mol. The Morgan fingerprint density at radius 3 is 2.89 bits per heavy atom. The second kappa shape index (κ2) is 7.93.